The highest BCUT2D eigenvalue weighted by molar-refractivity contribution is 6.30. The van der Waals surface area contributed by atoms with Crippen molar-refractivity contribution in [1.29, 1.82) is 0 Å². The number of carbonyl (C=O) groups excluding carboxylic acids is 1. The molecular formula is C25H25ClN6O2. The van der Waals surface area contributed by atoms with E-state index in [1.807, 2.05) is 54.3 Å². The maximum absolute atomic E-state index is 13.0. The Kier molecular flexibility index (Phi) is 6.15. The Hall–Kier alpha value is -3.52. The number of nitrogens with zero attached hydrogens (tertiary/aromatic N) is 5. The molecule has 1 fully saturated rings. The van der Waals surface area contributed by atoms with E-state index in [1.165, 1.54) is 5.56 Å². The van der Waals surface area contributed by atoms with Gasteiger partial charge in [-0.3, -0.25) is 9.59 Å². The Bertz CT molecular complexity index is 1390. The zero-order valence-electron chi connectivity index (χ0n) is 18.9. The molecule has 1 aliphatic rings. The first-order chi connectivity index (χ1) is 16.5. The minimum Gasteiger partial charge on any atom is -0.342 e. The van der Waals surface area contributed by atoms with E-state index >= 15 is 0 Å². The molecule has 1 atom stereocenters. The van der Waals surface area contributed by atoms with E-state index in [0.29, 0.717) is 42.5 Å². The molecule has 8 nitrogen and oxygen atoms in total. The van der Waals surface area contributed by atoms with Crippen LogP contribution in [0.2, 0.25) is 5.02 Å². The molecule has 1 amide bonds. The molecule has 1 saturated heterocycles. The highest BCUT2D eigenvalue weighted by Gasteiger charge is 2.27. The van der Waals surface area contributed by atoms with Crippen LogP contribution in [0.4, 0.5) is 0 Å². The summed E-state index contributed by atoms with van der Waals surface area (Å²) in [6.45, 7) is 3.66. The van der Waals surface area contributed by atoms with Gasteiger partial charge in [-0.15, -0.1) is 5.10 Å². The third-order valence-electron chi connectivity index (χ3n) is 6.25. The average molecular weight is 477 g/mol. The molecule has 9 heteroatoms. The van der Waals surface area contributed by atoms with E-state index in [1.54, 1.807) is 10.7 Å². The number of benzene rings is 2. The largest absolute Gasteiger partial charge is 0.342 e. The topological polar surface area (TPSA) is 96.8 Å². The summed E-state index contributed by atoms with van der Waals surface area (Å²) in [6.07, 6.45) is 2.07. The van der Waals surface area contributed by atoms with Crippen LogP contribution in [0.15, 0.2) is 53.3 Å². The van der Waals surface area contributed by atoms with E-state index in [2.05, 4.69) is 15.3 Å². The van der Waals surface area contributed by atoms with Gasteiger partial charge in [0.25, 0.3) is 5.56 Å². The third kappa shape index (κ3) is 4.72. The molecule has 0 saturated carbocycles. The van der Waals surface area contributed by atoms with E-state index in [4.69, 9.17) is 16.6 Å². The smallest absolute Gasteiger partial charge is 0.281 e. The molecule has 0 radical (unpaired) electrons. The number of H-pyrrole nitrogens is 1. The lowest BCUT2D eigenvalue weighted by Crippen LogP contribution is -2.40. The van der Waals surface area contributed by atoms with Gasteiger partial charge in [-0.1, -0.05) is 58.8 Å². The van der Waals surface area contributed by atoms with Crippen molar-refractivity contribution in [2.75, 3.05) is 13.1 Å². The van der Waals surface area contributed by atoms with Crippen molar-refractivity contribution >= 4 is 28.7 Å². The van der Waals surface area contributed by atoms with Crippen molar-refractivity contribution in [3.05, 3.63) is 86.4 Å². The summed E-state index contributed by atoms with van der Waals surface area (Å²) in [5, 5.41) is 8.80. The van der Waals surface area contributed by atoms with Gasteiger partial charge in [0.05, 0.1) is 13.0 Å². The quantitative estimate of drug-likeness (QED) is 0.475. The highest BCUT2D eigenvalue weighted by Crippen LogP contribution is 2.25. The van der Waals surface area contributed by atoms with Gasteiger partial charge in [0, 0.05) is 24.0 Å². The maximum atomic E-state index is 13.0. The number of aromatic nitrogens is 5. The highest BCUT2D eigenvalue weighted by atomic mass is 35.5. The number of halogens is 1. The number of hydrogen-bond acceptors (Lipinski definition) is 5. The zero-order chi connectivity index (χ0) is 23.7. The minimum atomic E-state index is -0.319. The van der Waals surface area contributed by atoms with Crippen LogP contribution in [0.5, 0.6) is 0 Å². The molecule has 3 heterocycles. The number of piperidine rings is 1. The van der Waals surface area contributed by atoms with Gasteiger partial charge in [-0.2, -0.15) is 0 Å². The molecule has 0 unspecified atom stereocenters. The molecule has 0 aliphatic carbocycles. The first kappa shape index (κ1) is 22.3. The van der Waals surface area contributed by atoms with Crippen molar-refractivity contribution in [2.24, 2.45) is 0 Å². The minimum absolute atomic E-state index is 0.0534. The van der Waals surface area contributed by atoms with Gasteiger partial charge in [0.2, 0.25) is 5.91 Å². The third-order valence-corrected chi connectivity index (χ3v) is 6.49. The lowest BCUT2D eigenvalue weighted by molar-refractivity contribution is -0.131. The van der Waals surface area contributed by atoms with Crippen molar-refractivity contribution in [3.63, 3.8) is 0 Å². The van der Waals surface area contributed by atoms with Crippen LogP contribution in [-0.2, 0) is 17.8 Å². The Morgan fingerprint density at radius 3 is 2.79 bits per heavy atom. The molecule has 4 aromatic rings. The molecule has 0 spiro atoms. The van der Waals surface area contributed by atoms with Crippen LogP contribution in [0.3, 0.4) is 0 Å². The van der Waals surface area contributed by atoms with E-state index in [-0.39, 0.29) is 22.9 Å². The maximum Gasteiger partial charge on any atom is 0.281 e. The normalized spacial score (nSPS) is 16.2. The molecule has 0 bridgehead atoms. The summed E-state index contributed by atoms with van der Waals surface area (Å²) in [7, 11) is 0. The summed E-state index contributed by atoms with van der Waals surface area (Å²) in [5.41, 5.74) is 3.43. The van der Waals surface area contributed by atoms with Gasteiger partial charge in [-0.05, 0) is 43.0 Å². The van der Waals surface area contributed by atoms with Crippen molar-refractivity contribution in [2.45, 2.75) is 38.6 Å². The van der Waals surface area contributed by atoms with Crippen molar-refractivity contribution < 1.29 is 4.79 Å². The van der Waals surface area contributed by atoms with E-state index in [0.717, 1.165) is 24.0 Å². The zero-order valence-corrected chi connectivity index (χ0v) is 19.6. The molecule has 2 aromatic carbocycles. The number of aryl methyl sites for hydroxylation is 1. The van der Waals surface area contributed by atoms with Crippen molar-refractivity contribution in [3.8, 4) is 0 Å². The van der Waals surface area contributed by atoms with Gasteiger partial charge in [0.1, 0.15) is 5.82 Å². The van der Waals surface area contributed by atoms with Gasteiger partial charge < -0.3 is 9.88 Å². The predicted molar refractivity (Wildman–Crippen MR) is 130 cm³/mol. The Labute approximate surface area is 201 Å². The second-order valence-electron chi connectivity index (χ2n) is 8.84. The van der Waals surface area contributed by atoms with Crippen LogP contribution in [0.25, 0.3) is 11.2 Å². The van der Waals surface area contributed by atoms with Crippen LogP contribution >= 0.6 is 11.6 Å². The van der Waals surface area contributed by atoms with Crippen LogP contribution in [0, 0.1) is 6.92 Å². The fraction of sp³-hybridized carbons (Fsp3) is 0.320. The van der Waals surface area contributed by atoms with Gasteiger partial charge >= 0.3 is 0 Å². The lowest BCUT2D eigenvalue weighted by atomic mass is 9.96. The molecular weight excluding hydrogens is 452 g/mol. The first-order valence-electron chi connectivity index (χ1n) is 11.4. The molecule has 174 valence electrons. The molecule has 34 heavy (non-hydrogen) atoms. The van der Waals surface area contributed by atoms with Crippen LogP contribution in [-0.4, -0.2) is 48.9 Å². The predicted octanol–water partition coefficient (Wildman–Crippen LogP) is 3.47. The molecule has 2 aromatic heterocycles. The lowest BCUT2D eigenvalue weighted by Gasteiger charge is -2.32. The second kappa shape index (κ2) is 9.38. The first-order valence-corrected chi connectivity index (χ1v) is 11.8. The van der Waals surface area contributed by atoms with Gasteiger partial charge in [-0.25, -0.2) is 9.67 Å². The van der Waals surface area contributed by atoms with E-state index < -0.39 is 0 Å². The Morgan fingerprint density at radius 1 is 1.18 bits per heavy atom. The van der Waals surface area contributed by atoms with E-state index in [9.17, 15) is 9.59 Å². The number of aromatic amines is 1. The molecule has 5 rings (SSSR count). The monoisotopic (exact) mass is 476 g/mol. The fourth-order valence-electron chi connectivity index (χ4n) is 4.41. The number of likely N-dealkylation sites (tertiary alicyclic amines) is 1. The number of rotatable bonds is 5. The summed E-state index contributed by atoms with van der Waals surface area (Å²) in [4.78, 5) is 35.2. The number of amides is 1. The summed E-state index contributed by atoms with van der Waals surface area (Å²) in [6, 6.07) is 15.5. The summed E-state index contributed by atoms with van der Waals surface area (Å²) < 4.78 is 1.61. The standard InChI is InChI=1S/C25H25ClN6O2/c1-16-7-9-17(10-8-16)13-21(33)31-11-3-5-19(15-31)23-27-24-22(25(34)28-23)29-30-32(24)14-18-4-2-6-20(26)12-18/h2,4,6-10,12,19H,3,5,11,13-15H2,1H3,(H,27,28,34)/t19-/m1/s1. The molecule has 1 N–H and O–H groups in total. The van der Waals surface area contributed by atoms with Crippen molar-refractivity contribution in [1.82, 2.24) is 29.9 Å². The number of carbonyl (C=O) groups is 1. The summed E-state index contributed by atoms with van der Waals surface area (Å²) in [5.74, 6) is 0.604. The average Bonchev–Trinajstić information content (AvgIpc) is 3.24. The Balaban J connectivity index is 1.37. The number of hydrogen-bond donors (Lipinski definition) is 1. The number of nitrogens with one attached hydrogen (secondary N) is 1. The molecule has 1 aliphatic heterocycles. The van der Waals surface area contributed by atoms with Crippen LogP contribution < -0.4 is 5.56 Å². The van der Waals surface area contributed by atoms with Crippen LogP contribution in [0.1, 0.15) is 41.3 Å². The number of fused-ring (bicyclic) bond motifs is 1. The second-order valence-corrected chi connectivity index (χ2v) is 9.28. The Morgan fingerprint density at radius 2 is 2.00 bits per heavy atom. The van der Waals surface area contributed by atoms with Gasteiger partial charge in [0.15, 0.2) is 11.2 Å². The summed E-state index contributed by atoms with van der Waals surface area (Å²) >= 11 is 6.10. The SMILES string of the molecule is Cc1ccc(CC(=O)N2CCC[C@@H](c3nc4c(nnn4Cc4cccc(Cl)c4)c(=O)[nH]3)C2)cc1. The fourth-order valence-corrected chi connectivity index (χ4v) is 4.62.